The molecule has 2 heterocycles. The Hall–Kier alpha value is -1.51. The van der Waals surface area contributed by atoms with Crippen LogP contribution in [0.1, 0.15) is 58.8 Å². The lowest BCUT2D eigenvalue weighted by molar-refractivity contribution is -0.126. The molecule has 0 bridgehead atoms. The van der Waals surface area contributed by atoms with Crippen LogP contribution in [-0.4, -0.2) is 72.4 Å². The molecule has 1 aliphatic heterocycles. The minimum Gasteiger partial charge on any atom is -0.356 e. The number of likely N-dealkylation sites (N-methyl/N-ethyl adjacent to an activating group) is 1. The van der Waals surface area contributed by atoms with Gasteiger partial charge in [-0.15, -0.1) is 11.3 Å². The van der Waals surface area contributed by atoms with Crippen molar-refractivity contribution >= 4 is 28.3 Å². The normalized spacial score (nSPS) is 20.8. The average Bonchev–Trinajstić information content (AvgIpc) is 3.26. The van der Waals surface area contributed by atoms with Gasteiger partial charge < -0.3 is 20.4 Å². The van der Waals surface area contributed by atoms with E-state index in [1.165, 1.54) is 17.8 Å². The molecule has 1 aliphatic carbocycles. The zero-order chi connectivity index (χ0) is 22.1. The molecule has 2 amide bonds. The predicted octanol–water partition coefficient (Wildman–Crippen LogP) is 3.20. The van der Waals surface area contributed by atoms with Crippen molar-refractivity contribution < 1.29 is 9.59 Å². The van der Waals surface area contributed by atoms with E-state index in [9.17, 15) is 9.59 Å². The molecule has 0 aromatic carbocycles. The van der Waals surface area contributed by atoms with Crippen LogP contribution in [-0.2, 0) is 9.59 Å². The first kappa shape index (κ1) is 24.1. The number of nitrogens with zero attached hydrogens (tertiary/aromatic N) is 3. The molecule has 1 aromatic heterocycles. The predicted molar refractivity (Wildman–Crippen MR) is 126 cm³/mol. The van der Waals surface area contributed by atoms with E-state index in [0.717, 1.165) is 65.0 Å². The maximum absolute atomic E-state index is 12.8. The molecule has 1 saturated carbocycles. The fourth-order valence-electron chi connectivity index (χ4n) is 4.99. The van der Waals surface area contributed by atoms with Gasteiger partial charge in [-0.2, -0.15) is 0 Å². The molecular formula is C23H39N5O2S. The Morgan fingerprint density at radius 3 is 2.42 bits per heavy atom. The van der Waals surface area contributed by atoms with Gasteiger partial charge >= 0.3 is 0 Å². The number of piperazine rings is 1. The van der Waals surface area contributed by atoms with Crippen LogP contribution < -0.4 is 10.6 Å². The first-order valence-electron chi connectivity index (χ1n) is 11.9. The number of rotatable bonds is 10. The van der Waals surface area contributed by atoms with E-state index in [4.69, 9.17) is 0 Å². The lowest BCUT2D eigenvalue weighted by atomic mass is 9.69. The van der Waals surface area contributed by atoms with Gasteiger partial charge in [0.25, 0.3) is 0 Å². The van der Waals surface area contributed by atoms with Crippen molar-refractivity contribution in [3.8, 4) is 0 Å². The fourth-order valence-corrected chi connectivity index (χ4v) is 5.54. The number of nitrogens with one attached hydrogen (secondary N) is 2. The highest BCUT2D eigenvalue weighted by molar-refractivity contribution is 7.13. The van der Waals surface area contributed by atoms with E-state index in [2.05, 4.69) is 39.3 Å². The van der Waals surface area contributed by atoms with Crippen LogP contribution >= 0.6 is 11.3 Å². The second-order valence-corrected chi connectivity index (χ2v) is 10.3. The summed E-state index contributed by atoms with van der Waals surface area (Å²) in [6.07, 6.45) is 7.81. The van der Waals surface area contributed by atoms with Gasteiger partial charge in [0.15, 0.2) is 5.13 Å². The summed E-state index contributed by atoms with van der Waals surface area (Å²) in [4.78, 5) is 34.6. The van der Waals surface area contributed by atoms with Crippen LogP contribution in [0, 0.1) is 11.3 Å². The first-order chi connectivity index (χ1) is 15.0. The second kappa shape index (κ2) is 11.9. The van der Waals surface area contributed by atoms with Gasteiger partial charge in [-0.3, -0.25) is 9.59 Å². The third-order valence-corrected chi connectivity index (χ3v) is 7.48. The zero-order valence-electron chi connectivity index (χ0n) is 19.2. The molecule has 1 aromatic rings. The topological polar surface area (TPSA) is 77.6 Å². The molecule has 174 valence electrons. The fraction of sp³-hybridized carbons (Fsp3) is 0.783. The van der Waals surface area contributed by atoms with E-state index >= 15 is 0 Å². The Morgan fingerprint density at radius 2 is 1.77 bits per heavy atom. The quantitative estimate of drug-likeness (QED) is 0.574. The molecule has 3 rings (SSSR count). The third kappa shape index (κ3) is 7.84. The van der Waals surface area contributed by atoms with Gasteiger partial charge in [-0.05, 0) is 30.7 Å². The average molecular weight is 450 g/mol. The van der Waals surface area contributed by atoms with Crippen LogP contribution in [0.2, 0.25) is 0 Å². The standard InChI is InChI=1S/C23H39N5O2S/c1-3-27-10-12-28(13-11-27)18-19(2)17-25-20(29)15-23(7-5-4-6-8-23)16-21(30)26-22-24-9-14-31-22/h9,14,19H,3-8,10-13,15-18H2,1-2H3,(H,25,29)(H,24,26,30). The van der Waals surface area contributed by atoms with Crippen molar-refractivity contribution in [3.05, 3.63) is 11.6 Å². The highest BCUT2D eigenvalue weighted by Crippen LogP contribution is 2.42. The zero-order valence-corrected chi connectivity index (χ0v) is 20.0. The minimum atomic E-state index is -0.219. The largest absolute Gasteiger partial charge is 0.356 e. The van der Waals surface area contributed by atoms with Gasteiger partial charge in [-0.25, -0.2) is 4.98 Å². The number of hydrogen-bond acceptors (Lipinski definition) is 6. The SMILES string of the molecule is CCN1CCN(CC(C)CNC(=O)CC2(CC(=O)Nc3nccs3)CCCCC2)CC1. The molecule has 0 spiro atoms. The molecule has 2 fully saturated rings. The number of thiazole rings is 1. The van der Waals surface area contributed by atoms with Crippen LogP contribution in [0.5, 0.6) is 0 Å². The van der Waals surface area contributed by atoms with Gasteiger partial charge in [0.2, 0.25) is 11.8 Å². The van der Waals surface area contributed by atoms with Crippen LogP contribution in [0.3, 0.4) is 0 Å². The number of carbonyl (C=O) groups is 2. The van der Waals surface area contributed by atoms with E-state index in [-0.39, 0.29) is 17.2 Å². The van der Waals surface area contributed by atoms with Crippen molar-refractivity contribution in [2.75, 3.05) is 51.1 Å². The van der Waals surface area contributed by atoms with Crippen LogP contribution in [0.15, 0.2) is 11.6 Å². The van der Waals surface area contributed by atoms with Crippen molar-refractivity contribution in [3.63, 3.8) is 0 Å². The summed E-state index contributed by atoms with van der Waals surface area (Å²) in [5.74, 6) is 0.489. The molecule has 1 unspecified atom stereocenters. The van der Waals surface area contributed by atoms with Gasteiger partial charge in [0.1, 0.15) is 0 Å². The van der Waals surface area contributed by atoms with Gasteiger partial charge in [0, 0.05) is 63.7 Å². The highest BCUT2D eigenvalue weighted by Gasteiger charge is 2.36. The van der Waals surface area contributed by atoms with Gasteiger partial charge in [-0.1, -0.05) is 33.1 Å². The Kier molecular flexibility index (Phi) is 9.29. The van der Waals surface area contributed by atoms with Crippen LogP contribution in [0.4, 0.5) is 5.13 Å². The molecule has 2 N–H and O–H groups in total. The van der Waals surface area contributed by atoms with Crippen molar-refractivity contribution in [1.29, 1.82) is 0 Å². The summed E-state index contributed by atoms with van der Waals surface area (Å²) < 4.78 is 0. The molecule has 8 heteroatoms. The van der Waals surface area contributed by atoms with E-state index in [1.807, 2.05) is 5.38 Å². The highest BCUT2D eigenvalue weighted by atomic mass is 32.1. The number of anilines is 1. The summed E-state index contributed by atoms with van der Waals surface area (Å²) >= 11 is 1.42. The Bertz CT molecular complexity index is 682. The maximum atomic E-state index is 12.8. The summed E-state index contributed by atoms with van der Waals surface area (Å²) in [5.41, 5.74) is -0.219. The summed E-state index contributed by atoms with van der Waals surface area (Å²) in [5, 5.41) is 8.55. The summed E-state index contributed by atoms with van der Waals surface area (Å²) in [6, 6.07) is 0. The number of amides is 2. The number of aromatic nitrogens is 1. The van der Waals surface area contributed by atoms with Crippen LogP contribution in [0.25, 0.3) is 0 Å². The van der Waals surface area contributed by atoms with E-state index < -0.39 is 0 Å². The minimum absolute atomic E-state index is 0.0239. The molecule has 2 aliphatic rings. The molecular weight excluding hydrogens is 410 g/mol. The Labute approximate surface area is 191 Å². The number of hydrogen-bond donors (Lipinski definition) is 2. The number of carbonyl (C=O) groups excluding carboxylic acids is 2. The molecule has 31 heavy (non-hydrogen) atoms. The van der Waals surface area contributed by atoms with E-state index in [0.29, 0.717) is 30.4 Å². The Morgan fingerprint density at radius 1 is 1.10 bits per heavy atom. The maximum Gasteiger partial charge on any atom is 0.226 e. The Balaban J connectivity index is 1.44. The lowest BCUT2D eigenvalue weighted by Crippen LogP contribution is -2.48. The third-order valence-electron chi connectivity index (χ3n) is 6.79. The molecule has 1 atom stereocenters. The molecule has 0 radical (unpaired) electrons. The molecule has 7 nitrogen and oxygen atoms in total. The smallest absolute Gasteiger partial charge is 0.226 e. The summed E-state index contributed by atoms with van der Waals surface area (Å²) in [6.45, 7) is 11.8. The van der Waals surface area contributed by atoms with Crippen molar-refractivity contribution in [1.82, 2.24) is 20.1 Å². The summed E-state index contributed by atoms with van der Waals surface area (Å²) in [7, 11) is 0. The molecule has 1 saturated heterocycles. The lowest BCUT2D eigenvalue weighted by Gasteiger charge is -2.37. The van der Waals surface area contributed by atoms with Gasteiger partial charge in [0.05, 0.1) is 0 Å². The van der Waals surface area contributed by atoms with E-state index in [1.54, 1.807) is 6.20 Å². The van der Waals surface area contributed by atoms with Crippen molar-refractivity contribution in [2.24, 2.45) is 11.3 Å². The monoisotopic (exact) mass is 449 g/mol. The second-order valence-electron chi connectivity index (χ2n) is 9.44. The van der Waals surface area contributed by atoms with Crippen molar-refractivity contribution in [2.45, 2.75) is 58.8 Å². The first-order valence-corrected chi connectivity index (χ1v) is 12.8.